The summed E-state index contributed by atoms with van der Waals surface area (Å²) >= 11 is 0. The van der Waals surface area contributed by atoms with Crippen molar-refractivity contribution in [3.05, 3.63) is 47.0 Å². The Morgan fingerprint density at radius 1 is 1.06 bits per heavy atom. The van der Waals surface area contributed by atoms with E-state index in [9.17, 15) is 15.2 Å². The van der Waals surface area contributed by atoms with E-state index in [1.165, 1.54) is 10.9 Å². The molecule has 182 valence electrons. The Morgan fingerprint density at radius 2 is 1.74 bits per heavy atom. The summed E-state index contributed by atoms with van der Waals surface area (Å²) in [5, 5.41) is 25.0. The third kappa shape index (κ3) is 5.11. The number of fused-ring (bicyclic) bond motifs is 1. The third-order valence-electron chi connectivity index (χ3n) is 6.46. The number of aromatic nitrogens is 3. The second-order valence-corrected chi connectivity index (χ2v) is 8.72. The second kappa shape index (κ2) is 10.2. The van der Waals surface area contributed by atoms with Gasteiger partial charge in [-0.2, -0.15) is 10.4 Å². The van der Waals surface area contributed by atoms with E-state index in [0.717, 1.165) is 38.3 Å². The first-order valence-electron chi connectivity index (χ1n) is 11.8. The molecule has 1 aliphatic heterocycles. The minimum atomic E-state index is -1.17. The number of hydrogen-bond acceptors (Lipinski definition) is 8. The number of hydroxylamine groups is 2. The van der Waals surface area contributed by atoms with Crippen molar-refractivity contribution in [1.82, 2.24) is 29.1 Å². The molecule has 0 radical (unpaired) electrons. The molecule has 0 saturated carbocycles. The summed E-state index contributed by atoms with van der Waals surface area (Å²) in [5.41, 5.74) is 2.23. The molecule has 3 heterocycles. The van der Waals surface area contributed by atoms with E-state index in [4.69, 9.17) is 0 Å². The van der Waals surface area contributed by atoms with Gasteiger partial charge in [0.2, 0.25) is 0 Å². The Kier molecular flexibility index (Phi) is 7.24. The number of rotatable bonds is 8. The van der Waals surface area contributed by atoms with Crippen LogP contribution in [-0.2, 0) is 7.05 Å². The van der Waals surface area contributed by atoms with Crippen LogP contribution in [0.15, 0.2) is 41.5 Å². The highest BCUT2D eigenvalue weighted by atomic mass is 16.8. The third-order valence-corrected chi connectivity index (χ3v) is 6.46. The summed E-state index contributed by atoms with van der Waals surface area (Å²) in [6.07, 6.45) is 1.50. The fraction of sp³-hybridized carbons (Fsp3) is 0.458. The van der Waals surface area contributed by atoms with Crippen molar-refractivity contribution in [3.8, 4) is 11.3 Å². The molecule has 0 spiro atoms. The molecule has 1 aromatic carbocycles. The van der Waals surface area contributed by atoms with Gasteiger partial charge in [0.05, 0.1) is 24.1 Å². The maximum absolute atomic E-state index is 12.6. The molecular weight excluding hydrogens is 434 g/mol. The Labute approximate surface area is 199 Å². The maximum Gasteiger partial charge on any atom is 0.264 e. The number of aryl methyl sites for hydroxylation is 1. The smallest absolute Gasteiger partial charge is 0.264 e. The summed E-state index contributed by atoms with van der Waals surface area (Å²) in [5.74, 6) is 0.491. The van der Waals surface area contributed by atoms with Gasteiger partial charge in [-0.25, -0.2) is 9.97 Å². The molecular formula is C24H34N7O3+. The predicted octanol–water partition coefficient (Wildman–Crippen LogP) is 2.15. The van der Waals surface area contributed by atoms with Crippen LogP contribution in [0.3, 0.4) is 0 Å². The number of hydrogen-bond donors (Lipinski definition) is 3. The molecule has 3 N–H and O–H groups in total. The summed E-state index contributed by atoms with van der Waals surface area (Å²) < 4.78 is 1.43. The molecule has 0 amide bonds. The topological polar surface area (TPSA) is 107 Å². The van der Waals surface area contributed by atoms with Crippen molar-refractivity contribution in [2.24, 2.45) is 7.05 Å². The number of pyridine rings is 1. The molecule has 0 aliphatic carbocycles. The largest absolute Gasteiger partial charge is 0.370 e. The van der Waals surface area contributed by atoms with Crippen LogP contribution in [0.2, 0.25) is 0 Å². The van der Waals surface area contributed by atoms with Gasteiger partial charge in [0.1, 0.15) is 11.2 Å². The maximum atomic E-state index is 12.6. The van der Waals surface area contributed by atoms with Crippen LogP contribution in [0.25, 0.3) is 22.2 Å². The molecule has 0 unspecified atom stereocenters. The van der Waals surface area contributed by atoms with E-state index in [2.05, 4.69) is 32.0 Å². The zero-order chi connectivity index (χ0) is 24.3. The van der Waals surface area contributed by atoms with Crippen LogP contribution >= 0.6 is 0 Å². The number of nitrogens with zero attached hydrogens (tertiary/aromatic N) is 6. The van der Waals surface area contributed by atoms with Gasteiger partial charge in [-0.05, 0) is 36.5 Å². The lowest BCUT2D eigenvalue weighted by Crippen LogP contribution is -2.52. The normalized spacial score (nSPS) is 15.7. The molecule has 10 heteroatoms. The highest BCUT2D eigenvalue weighted by Crippen LogP contribution is 2.27. The minimum Gasteiger partial charge on any atom is -0.370 e. The lowest BCUT2D eigenvalue weighted by Gasteiger charge is -2.34. The standard InChI is InChI=1S/C24H33N7O3/c1-4-25-23-22-21(26-17-28(3)24(22)32)16-20(27-23)18-6-8-19(9-7-18)31(33,34)15-14-30-12-10-29(5-2)11-13-30/h6-9,16-17,33-34H,4-5,10-15H2,1-3H3/p+1. The fourth-order valence-electron chi connectivity index (χ4n) is 4.28. The van der Waals surface area contributed by atoms with Gasteiger partial charge in [0.25, 0.3) is 5.56 Å². The molecule has 1 saturated heterocycles. The van der Waals surface area contributed by atoms with Crippen LogP contribution in [0.5, 0.6) is 0 Å². The van der Waals surface area contributed by atoms with Crippen molar-refractivity contribution in [3.63, 3.8) is 0 Å². The molecule has 1 aliphatic rings. The quantitative estimate of drug-likeness (QED) is 0.341. The minimum absolute atomic E-state index is 0.158. The average molecular weight is 469 g/mol. The lowest BCUT2D eigenvalue weighted by molar-refractivity contribution is -0.291. The number of piperazine rings is 1. The van der Waals surface area contributed by atoms with E-state index in [-0.39, 0.29) is 12.1 Å². The Balaban J connectivity index is 1.53. The molecule has 3 aromatic rings. The predicted molar refractivity (Wildman–Crippen MR) is 133 cm³/mol. The van der Waals surface area contributed by atoms with E-state index in [1.54, 1.807) is 37.4 Å². The van der Waals surface area contributed by atoms with Crippen LogP contribution in [0.4, 0.5) is 11.5 Å². The highest BCUT2D eigenvalue weighted by molar-refractivity contribution is 5.91. The van der Waals surface area contributed by atoms with Gasteiger partial charge in [-0.3, -0.25) is 9.69 Å². The highest BCUT2D eigenvalue weighted by Gasteiger charge is 2.28. The number of quaternary nitrogens is 1. The molecule has 10 nitrogen and oxygen atoms in total. The first-order chi connectivity index (χ1) is 16.3. The Hall–Kier alpha value is -2.89. The zero-order valence-electron chi connectivity index (χ0n) is 20.1. The van der Waals surface area contributed by atoms with Crippen LogP contribution in [-0.4, -0.2) is 87.1 Å². The van der Waals surface area contributed by atoms with Crippen LogP contribution in [0.1, 0.15) is 13.8 Å². The number of likely N-dealkylation sites (N-methyl/N-ethyl adjacent to an activating group) is 1. The van der Waals surface area contributed by atoms with Crippen molar-refractivity contribution in [2.75, 3.05) is 57.7 Å². The Bertz CT molecular complexity index is 1190. The molecule has 0 atom stereocenters. The van der Waals surface area contributed by atoms with Crippen LogP contribution in [0, 0.1) is 0 Å². The van der Waals surface area contributed by atoms with Gasteiger partial charge in [0.15, 0.2) is 12.2 Å². The van der Waals surface area contributed by atoms with Gasteiger partial charge in [-0.1, -0.05) is 6.92 Å². The van der Waals surface area contributed by atoms with Crippen molar-refractivity contribution >= 4 is 22.4 Å². The zero-order valence-corrected chi connectivity index (χ0v) is 20.1. The molecule has 1 fully saturated rings. The van der Waals surface area contributed by atoms with Gasteiger partial charge in [-0.15, -0.1) is 0 Å². The van der Waals surface area contributed by atoms with Gasteiger partial charge < -0.3 is 14.8 Å². The summed E-state index contributed by atoms with van der Waals surface area (Å²) in [6, 6.07) is 8.78. The molecule has 2 aromatic heterocycles. The first kappa shape index (κ1) is 24.2. The Morgan fingerprint density at radius 3 is 2.38 bits per heavy atom. The number of benzene rings is 1. The van der Waals surface area contributed by atoms with Gasteiger partial charge >= 0.3 is 0 Å². The van der Waals surface area contributed by atoms with Crippen LogP contribution < -0.4 is 15.7 Å². The fourth-order valence-corrected chi connectivity index (χ4v) is 4.28. The molecule has 0 bridgehead atoms. The number of nitrogens with one attached hydrogen (secondary N) is 1. The first-order valence-corrected chi connectivity index (χ1v) is 11.8. The molecule has 34 heavy (non-hydrogen) atoms. The SMILES string of the molecule is CCNc1nc(-c2ccc([N+](O)(O)CCN3CCN(CC)CC3)cc2)cc2ncn(C)c(=O)c12. The van der Waals surface area contributed by atoms with E-state index >= 15 is 0 Å². The van der Waals surface area contributed by atoms with Crippen molar-refractivity contribution in [1.29, 1.82) is 0 Å². The molecule has 4 rings (SSSR count). The summed E-state index contributed by atoms with van der Waals surface area (Å²) in [4.78, 5) is 25.2. The lowest BCUT2D eigenvalue weighted by atomic mass is 10.1. The van der Waals surface area contributed by atoms with Gasteiger partial charge in [0, 0.05) is 57.5 Å². The van der Waals surface area contributed by atoms with E-state index in [1.807, 2.05) is 6.92 Å². The number of anilines is 1. The van der Waals surface area contributed by atoms with Crippen molar-refractivity contribution in [2.45, 2.75) is 13.8 Å². The van der Waals surface area contributed by atoms with E-state index < -0.39 is 4.81 Å². The summed E-state index contributed by atoms with van der Waals surface area (Å²) in [7, 11) is 1.66. The monoisotopic (exact) mass is 468 g/mol. The second-order valence-electron chi connectivity index (χ2n) is 8.72. The van der Waals surface area contributed by atoms with E-state index in [0.29, 0.717) is 41.2 Å². The summed E-state index contributed by atoms with van der Waals surface area (Å²) in [6.45, 7) is 10.4. The average Bonchev–Trinajstić information content (AvgIpc) is 2.85. The van der Waals surface area contributed by atoms with Crippen molar-refractivity contribution < 1.29 is 10.4 Å².